The van der Waals surface area contributed by atoms with Crippen LogP contribution in [0.2, 0.25) is 0 Å². The summed E-state index contributed by atoms with van der Waals surface area (Å²) in [5.41, 5.74) is 0.399. The number of ether oxygens (including phenoxy) is 1. The first-order chi connectivity index (χ1) is 6.06. The number of hydrogen-bond donors (Lipinski definition) is 1. The lowest BCUT2D eigenvalue weighted by molar-refractivity contribution is 0.0696. The van der Waals surface area contributed by atoms with Crippen molar-refractivity contribution in [3.05, 3.63) is 29.1 Å². The Morgan fingerprint density at radius 2 is 2.15 bits per heavy atom. The van der Waals surface area contributed by atoms with E-state index in [-0.39, 0.29) is 11.3 Å². The summed E-state index contributed by atoms with van der Waals surface area (Å²) < 4.78 is 17.8. The Labute approximate surface area is 74.8 Å². The normalized spacial score (nSPS) is 9.77. The van der Waals surface area contributed by atoms with E-state index in [1.54, 1.807) is 6.92 Å². The fraction of sp³-hybridized carbons (Fsp3) is 0.222. The quantitative estimate of drug-likeness (QED) is 0.762. The van der Waals surface area contributed by atoms with Crippen LogP contribution in [0.15, 0.2) is 12.1 Å². The lowest BCUT2D eigenvalue weighted by atomic mass is 10.1. The molecule has 0 aliphatic rings. The number of carbonyl (C=O) groups is 1. The van der Waals surface area contributed by atoms with Crippen molar-refractivity contribution in [2.24, 2.45) is 0 Å². The van der Waals surface area contributed by atoms with Crippen LogP contribution in [-0.4, -0.2) is 18.2 Å². The van der Waals surface area contributed by atoms with Crippen molar-refractivity contribution in [2.45, 2.75) is 6.92 Å². The van der Waals surface area contributed by atoms with E-state index in [4.69, 9.17) is 9.84 Å². The van der Waals surface area contributed by atoms with Crippen molar-refractivity contribution in [3.8, 4) is 5.75 Å². The number of rotatable bonds is 2. The summed E-state index contributed by atoms with van der Waals surface area (Å²) in [5.74, 6) is -1.71. The van der Waals surface area contributed by atoms with Crippen molar-refractivity contribution in [3.63, 3.8) is 0 Å². The summed E-state index contributed by atoms with van der Waals surface area (Å²) in [6.07, 6.45) is 0. The van der Waals surface area contributed by atoms with Gasteiger partial charge in [0.1, 0.15) is 0 Å². The molecule has 1 rings (SSSR count). The zero-order valence-corrected chi connectivity index (χ0v) is 7.30. The second-order valence-corrected chi connectivity index (χ2v) is 2.61. The molecule has 0 radical (unpaired) electrons. The highest BCUT2D eigenvalue weighted by atomic mass is 19.1. The fourth-order valence-electron chi connectivity index (χ4n) is 1.11. The number of halogens is 1. The first kappa shape index (κ1) is 9.51. The largest absolute Gasteiger partial charge is 0.493 e. The van der Waals surface area contributed by atoms with E-state index in [1.807, 2.05) is 0 Å². The standard InChI is InChI=1S/C9H9FO3/c1-5-3-6(9(11)12)4-7(10)8(5)13-2/h3-4H,1-2H3,(H,11,12). The number of carboxylic acids is 1. The minimum absolute atomic E-state index is 0.0733. The van der Waals surface area contributed by atoms with Gasteiger partial charge in [0, 0.05) is 0 Å². The molecule has 0 bridgehead atoms. The summed E-state index contributed by atoms with van der Waals surface area (Å²) in [6, 6.07) is 2.30. The highest BCUT2D eigenvalue weighted by Crippen LogP contribution is 2.23. The van der Waals surface area contributed by atoms with Gasteiger partial charge in [-0.2, -0.15) is 0 Å². The van der Waals surface area contributed by atoms with Gasteiger partial charge in [0.05, 0.1) is 12.7 Å². The van der Waals surface area contributed by atoms with E-state index in [1.165, 1.54) is 13.2 Å². The molecule has 4 heteroatoms. The van der Waals surface area contributed by atoms with Crippen LogP contribution in [0.1, 0.15) is 15.9 Å². The molecule has 0 heterocycles. The van der Waals surface area contributed by atoms with Crippen molar-refractivity contribution in [1.29, 1.82) is 0 Å². The maximum Gasteiger partial charge on any atom is 0.335 e. The lowest BCUT2D eigenvalue weighted by Gasteiger charge is -2.06. The number of aryl methyl sites for hydroxylation is 1. The predicted octanol–water partition coefficient (Wildman–Crippen LogP) is 1.84. The third kappa shape index (κ3) is 1.77. The van der Waals surface area contributed by atoms with Crippen LogP contribution >= 0.6 is 0 Å². The average Bonchev–Trinajstić information content (AvgIpc) is 2.03. The molecule has 0 aliphatic heterocycles. The number of aromatic carboxylic acids is 1. The predicted molar refractivity (Wildman–Crippen MR) is 44.6 cm³/mol. The number of benzene rings is 1. The third-order valence-corrected chi connectivity index (χ3v) is 1.68. The van der Waals surface area contributed by atoms with Gasteiger partial charge in [0.25, 0.3) is 0 Å². The fourth-order valence-corrected chi connectivity index (χ4v) is 1.11. The topological polar surface area (TPSA) is 46.5 Å². The summed E-state index contributed by atoms with van der Waals surface area (Å²) in [4.78, 5) is 10.5. The van der Waals surface area contributed by atoms with Gasteiger partial charge >= 0.3 is 5.97 Å². The molecule has 0 amide bonds. The maximum absolute atomic E-state index is 13.1. The van der Waals surface area contributed by atoms with Gasteiger partial charge in [-0.1, -0.05) is 0 Å². The van der Waals surface area contributed by atoms with Gasteiger partial charge in [0.2, 0.25) is 0 Å². The van der Waals surface area contributed by atoms with E-state index >= 15 is 0 Å². The second kappa shape index (κ2) is 3.43. The average molecular weight is 184 g/mol. The van der Waals surface area contributed by atoms with Crippen LogP contribution in [0.25, 0.3) is 0 Å². The SMILES string of the molecule is COc1c(C)cc(C(=O)O)cc1F. The summed E-state index contributed by atoms with van der Waals surface area (Å²) in [5, 5.41) is 8.59. The molecule has 13 heavy (non-hydrogen) atoms. The molecule has 1 N–H and O–H groups in total. The Bertz CT molecular complexity index is 324. The number of methoxy groups -OCH3 is 1. The monoisotopic (exact) mass is 184 g/mol. The van der Waals surface area contributed by atoms with Crippen LogP contribution in [0.4, 0.5) is 4.39 Å². The molecule has 0 aliphatic carbocycles. The summed E-state index contributed by atoms with van der Waals surface area (Å²) in [6.45, 7) is 1.59. The molecule has 0 aromatic heterocycles. The smallest absolute Gasteiger partial charge is 0.335 e. The summed E-state index contributed by atoms with van der Waals surface area (Å²) in [7, 11) is 1.34. The number of carboxylic acid groups (broad SMARTS) is 1. The van der Waals surface area contributed by atoms with Gasteiger partial charge in [-0.15, -0.1) is 0 Å². The van der Waals surface area contributed by atoms with Gasteiger partial charge in [-0.25, -0.2) is 9.18 Å². The van der Waals surface area contributed by atoms with E-state index < -0.39 is 11.8 Å². The van der Waals surface area contributed by atoms with Gasteiger partial charge in [-0.05, 0) is 24.6 Å². The van der Waals surface area contributed by atoms with Gasteiger partial charge in [0.15, 0.2) is 11.6 Å². The molecule has 0 unspecified atom stereocenters. The Kier molecular flexibility index (Phi) is 2.51. The Morgan fingerprint density at radius 3 is 2.54 bits per heavy atom. The molecular weight excluding hydrogens is 175 g/mol. The highest BCUT2D eigenvalue weighted by molar-refractivity contribution is 5.88. The number of hydrogen-bond acceptors (Lipinski definition) is 2. The molecule has 0 saturated carbocycles. The maximum atomic E-state index is 13.1. The summed E-state index contributed by atoms with van der Waals surface area (Å²) >= 11 is 0. The van der Waals surface area contributed by atoms with Crippen LogP contribution in [0.5, 0.6) is 5.75 Å². The molecule has 0 atom stereocenters. The molecule has 0 fully saturated rings. The van der Waals surface area contributed by atoms with Crippen LogP contribution < -0.4 is 4.74 Å². The zero-order valence-electron chi connectivity index (χ0n) is 7.30. The molecule has 0 saturated heterocycles. The van der Waals surface area contributed by atoms with Crippen molar-refractivity contribution >= 4 is 5.97 Å². The molecular formula is C9H9FO3. The van der Waals surface area contributed by atoms with E-state index in [2.05, 4.69) is 0 Å². The Balaban J connectivity index is 3.28. The van der Waals surface area contributed by atoms with Crippen LogP contribution in [0, 0.1) is 12.7 Å². The Morgan fingerprint density at radius 1 is 1.54 bits per heavy atom. The van der Waals surface area contributed by atoms with Crippen LogP contribution in [0.3, 0.4) is 0 Å². The Hall–Kier alpha value is -1.58. The zero-order chi connectivity index (χ0) is 10.0. The minimum Gasteiger partial charge on any atom is -0.493 e. The molecule has 1 aromatic rings. The van der Waals surface area contributed by atoms with E-state index in [0.29, 0.717) is 5.56 Å². The minimum atomic E-state index is -1.15. The van der Waals surface area contributed by atoms with Gasteiger partial charge < -0.3 is 9.84 Å². The molecule has 70 valence electrons. The second-order valence-electron chi connectivity index (χ2n) is 2.61. The third-order valence-electron chi connectivity index (χ3n) is 1.68. The first-order valence-corrected chi connectivity index (χ1v) is 3.63. The van der Waals surface area contributed by atoms with Gasteiger partial charge in [-0.3, -0.25) is 0 Å². The molecule has 0 spiro atoms. The lowest BCUT2D eigenvalue weighted by Crippen LogP contribution is -2.00. The van der Waals surface area contributed by atoms with E-state index in [9.17, 15) is 9.18 Å². The van der Waals surface area contributed by atoms with Crippen molar-refractivity contribution < 1.29 is 19.0 Å². The molecule has 1 aromatic carbocycles. The van der Waals surface area contributed by atoms with Crippen molar-refractivity contribution in [2.75, 3.05) is 7.11 Å². The van der Waals surface area contributed by atoms with E-state index in [0.717, 1.165) is 6.07 Å². The first-order valence-electron chi connectivity index (χ1n) is 3.63. The highest BCUT2D eigenvalue weighted by Gasteiger charge is 2.11. The van der Waals surface area contributed by atoms with Crippen LogP contribution in [-0.2, 0) is 0 Å². The van der Waals surface area contributed by atoms with Crippen molar-refractivity contribution in [1.82, 2.24) is 0 Å². The molecule has 3 nitrogen and oxygen atoms in total.